The van der Waals surface area contributed by atoms with Gasteiger partial charge in [-0.1, -0.05) is 23.5 Å². The van der Waals surface area contributed by atoms with Crippen molar-refractivity contribution in [1.29, 1.82) is 0 Å². The number of nitrogens with one attached hydrogen (secondary N) is 1. The maximum atomic E-state index is 13.2. The van der Waals surface area contributed by atoms with Crippen molar-refractivity contribution in [3.05, 3.63) is 76.9 Å². The van der Waals surface area contributed by atoms with Crippen LogP contribution in [0.2, 0.25) is 0 Å². The lowest BCUT2D eigenvalue weighted by molar-refractivity contribution is 0.0925. The van der Waals surface area contributed by atoms with Gasteiger partial charge in [0.15, 0.2) is 22.1 Å². The normalized spacial score (nSPS) is 11.3. The second kappa shape index (κ2) is 7.55. The molecular formula is C23H18FN3O3S. The van der Waals surface area contributed by atoms with Crippen molar-refractivity contribution < 1.29 is 18.3 Å². The van der Waals surface area contributed by atoms with Gasteiger partial charge in [-0.15, -0.1) is 0 Å². The van der Waals surface area contributed by atoms with E-state index in [1.165, 1.54) is 23.5 Å². The van der Waals surface area contributed by atoms with Crippen molar-refractivity contribution in [3.63, 3.8) is 0 Å². The van der Waals surface area contributed by atoms with Crippen LogP contribution in [0, 0.1) is 12.7 Å². The summed E-state index contributed by atoms with van der Waals surface area (Å²) in [4.78, 5) is 19.1. The number of amides is 1. The molecule has 0 unspecified atom stereocenters. The van der Waals surface area contributed by atoms with Gasteiger partial charge in [-0.2, -0.15) is 0 Å². The Hall–Kier alpha value is -3.65. The van der Waals surface area contributed by atoms with Gasteiger partial charge in [0.2, 0.25) is 0 Å². The van der Waals surface area contributed by atoms with E-state index >= 15 is 0 Å². The van der Waals surface area contributed by atoms with Crippen molar-refractivity contribution >= 4 is 33.2 Å². The zero-order chi connectivity index (χ0) is 21.5. The van der Waals surface area contributed by atoms with Crippen molar-refractivity contribution in [1.82, 2.24) is 14.7 Å². The number of nitrogens with zero attached hydrogens (tertiary/aromatic N) is 2. The van der Waals surface area contributed by atoms with Gasteiger partial charge in [-0.05, 0) is 43.3 Å². The third-order valence-electron chi connectivity index (χ3n) is 5.15. The topological polar surface area (TPSA) is 68.8 Å². The van der Waals surface area contributed by atoms with E-state index < -0.39 is 0 Å². The van der Waals surface area contributed by atoms with Crippen LogP contribution in [0.4, 0.5) is 4.39 Å². The van der Waals surface area contributed by atoms with Crippen LogP contribution in [0.5, 0.6) is 5.75 Å². The minimum absolute atomic E-state index is 0.233. The number of methoxy groups -OCH3 is 1. The molecule has 0 aliphatic rings. The molecule has 0 aliphatic carbocycles. The largest absolute Gasteiger partial charge is 0.493 e. The van der Waals surface area contributed by atoms with E-state index in [0.29, 0.717) is 17.9 Å². The number of aryl methyl sites for hydroxylation is 1. The summed E-state index contributed by atoms with van der Waals surface area (Å²) >= 11 is 1.50. The molecule has 0 fully saturated rings. The van der Waals surface area contributed by atoms with Crippen LogP contribution in [0.25, 0.3) is 27.2 Å². The number of furan rings is 1. The molecular weight excluding hydrogens is 417 g/mol. The number of imidazole rings is 1. The highest BCUT2D eigenvalue weighted by Crippen LogP contribution is 2.29. The minimum atomic E-state index is -0.296. The zero-order valence-corrected chi connectivity index (χ0v) is 17.6. The molecule has 6 nitrogen and oxygen atoms in total. The first kappa shape index (κ1) is 19.3. The summed E-state index contributed by atoms with van der Waals surface area (Å²) in [5.41, 5.74) is 3.18. The molecule has 1 amide bonds. The highest BCUT2D eigenvalue weighted by molar-refractivity contribution is 7.17. The van der Waals surface area contributed by atoms with Crippen LogP contribution in [0.15, 0.2) is 59.1 Å². The fourth-order valence-corrected chi connectivity index (χ4v) is 4.52. The summed E-state index contributed by atoms with van der Waals surface area (Å²) in [7, 11) is 1.56. The molecule has 0 aliphatic heterocycles. The molecule has 5 aromatic rings. The molecule has 31 heavy (non-hydrogen) atoms. The molecule has 2 aromatic carbocycles. The zero-order valence-electron chi connectivity index (χ0n) is 16.8. The SMILES string of the molecule is COc1cccc2cc(C(=O)NCc3sc4nc(-c5ccc(F)cc5)cn4c3C)oc12. The standard InChI is InChI=1S/C23H18FN3O3S/c1-13-20(31-23-26-17(12-27(13)23)14-6-8-16(24)9-7-14)11-25-22(28)19-10-15-4-3-5-18(29-2)21(15)30-19/h3-10,12H,11H2,1-2H3,(H,25,28). The lowest BCUT2D eigenvalue weighted by Crippen LogP contribution is -2.22. The number of hydrogen-bond acceptors (Lipinski definition) is 5. The molecule has 1 N–H and O–H groups in total. The van der Waals surface area contributed by atoms with Crippen molar-refractivity contribution in [2.45, 2.75) is 13.5 Å². The Balaban J connectivity index is 1.35. The van der Waals surface area contributed by atoms with Crippen molar-refractivity contribution in [3.8, 4) is 17.0 Å². The summed E-state index contributed by atoms with van der Waals surface area (Å²) in [5.74, 6) is 0.249. The van der Waals surface area contributed by atoms with Gasteiger partial charge in [-0.25, -0.2) is 9.37 Å². The first-order valence-corrected chi connectivity index (χ1v) is 10.4. The number of hydrogen-bond donors (Lipinski definition) is 1. The summed E-state index contributed by atoms with van der Waals surface area (Å²) < 4.78 is 26.1. The Labute approximate surface area is 180 Å². The maximum absolute atomic E-state index is 13.2. The molecule has 0 atom stereocenters. The Bertz CT molecular complexity index is 1420. The Morgan fingerprint density at radius 1 is 1.26 bits per heavy atom. The van der Waals surface area contributed by atoms with Crippen molar-refractivity contribution in [2.75, 3.05) is 7.11 Å². The molecule has 5 rings (SSSR count). The summed E-state index contributed by atoms with van der Waals surface area (Å²) in [6, 6.07) is 13.5. The van der Waals surface area contributed by atoms with E-state index in [2.05, 4.69) is 10.3 Å². The van der Waals surface area contributed by atoms with Crippen LogP contribution >= 0.6 is 11.3 Å². The number of ether oxygens (including phenoxy) is 1. The summed E-state index contributed by atoms with van der Waals surface area (Å²) in [6.45, 7) is 2.34. The third-order valence-corrected chi connectivity index (χ3v) is 6.31. The first-order valence-electron chi connectivity index (χ1n) is 9.61. The van der Waals surface area contributed by atoms with Crippen LogP contribution in [-0.2, 0) is 6.54 Å². The molecule has 8 heteroatoms. The van der Waals surface area contributed by atoms with Gasteiger partial charge >= 0.3 is 0 Å². The van der Waals surface area contributed by atoms with Crippen LogP contribution in [-0.4, -0.2) is 22.4 Å². The average Bonchev–Trinajstić information content (AvgIpc) is 3.47. The van der Waals surface area contributed by atoms with E-state index in [0.717, 1.165) is 32.2 Å². The van der Waals surface area contributed by atoms with Gasteiger partial charge in [0.05, 0.1) is 19.3 Å². The quantitative estimate of drug-likeness (QED) is 0.412. The lowest BCUT2D eigenvalue weighted by Gasteiger charge is -2.02. The van der Waals surface area contributed by atoms with E-state index in [1.807, 2.05) is 29.7 Å². The predicted molar refractivity (Wildman–Crippen MR) is 117 cm³/mol. The highest BCUT2D eigenvalue weighted by atomic mass is 32.1. The van der Waals surface area contributed by atoms with Gasteiger partial charge < -0.3 is 14.5 Å². The Morgan fingerprint density at radius 3 is 2.81 bits per heavy atom. The maximum Gasteiger partial charge on any atom is 0.287 e. The molecule has 0 spiro atoms. The van der Waals surface area contributed by atoms with E-state index in [1.54, 1.807) is 31.4 Å². The molecule has 3 heterocycles. The number of halogens is 1. The van der Waals surface area contributed by atoms with Crippen LogP contribution < -0.4 is 10.1 Å². The molecule has 0 saturated carbocycles. The smallest absolute Gasteiger partial charge is 0.287 e. The fraction of sp³-hybridized carbons (Fsp3) is 0.130. The average molecular weight is 435 g/mol. The summed E-state index contributed by atoms with van der Waals surface area (Å²) in [5, 5.41) is 3.72. The van der Waals surface area contributed by atoms with Gasteiger partial charge in [0.25, 0.3) is 5.91 Å². The lowest BCUT2D eigenvalue weighted by atomic mass is 10.2. The second-order valence-corrected chi connectivity index (χ2v) is 8.13. The molecule has 0 radical (unpaired) electrons. The fourth-order valence-electron chi connectivity index (χ4n) is 3.47. The second-order valence-electron chi connectivity index (χ2n) is 7.07. The van der Waals surface area contributed by atoms with Crippen molar-refractivity contribution in [2.24, 2.45) is 0 Å². The van der Waals surface area contributed by atoms with Crippen LogP contribution in [0.1, 0.15) is 21.1 Å². The van der Waals surface area contributed by atoms with E-state index in [-0.39, 0.29) is 17.5 Å². The first-order chi connectivity index (χ1) is 15.0. The minimum Gasteiger partial charge on any atom is -0.493 e. The number of para-hydroxylation sites is 1. The molecule has 156 valence electrons. The molecule has 0 saturated heterocycles. The number of thiazole rings is 1. The monoisotopic (exact) mass is 435 g/mol. The van der Waals surface area contributed by atoms with Crippen LogP contribution in [0.3, 0.4) is 0 Å². The van der Waals surface area contributed by atoms with E-state index in [4.69, 9.17) is 9.15 Å². The molecule has 3 aromatic heterocycles. The van der Waals surface area contributed by atoms with Gasteiger partial charge in [0.1, 0.15) is 5.82 Å². The number of aromatic nitrogens is 2. The molecule has 0 bridgehead atoms. The number of carbonyl (C=O) groups is 1. The Kier molecular flexibility index (Phi) is 4.71. The van der Waals surface area contributed by atoms with Gasteiger partial charge in [-0.3, -0.25) is 9.20 Å². The predicted octanol–water partition coefficient (Wildman–Crippen LogP) is 5.20. The van der Waals surface area contributed by atoms with E-state index in [9.17, 15) is 9.18 Å². The third kappa shape index (κ3) is 3.44. The number of benzene rings is 2. The highest BCUT2D eigenvalue weighted by Gasteiger charge is 2.17. The summed E-state index contributed by atoms with van der Waals surface area (Å²) in [6.07, 6.45) is 1.92. The number of carbonyl (C=O) groups excluding carboxylic acids is 1. The number of rotatable bonds is 5. The number of fused-ring (bicyclic) bond motifs is 2. The van der Waals surface area contributed by atoms with Gasteiger partial charge in [0, 0.05) is 27.7 Å². The Morgan fingerprint density at radius 2 is 2.06 bits per heavy atom.